The van der Waals surface area contributed by atoms with Crippen molar-refractivity contribution >= 4 is 71.0 Å². The summed E-state index contributed by atoms with van der Waals surface area (Å²) >= 11 is 1.32. The summed E-state index contributed by atoms with van der Waals surface area (Å²) in [6, 6.07) is -4.90. The number of aliphatic hydroxyl groups is 1. The molecule has 26 heteroatoms. The second kappa shape index (κ2) is 30.9. The third-order valence-electron chi connectivity index (χ3n) is 9.92. The number of nitrogens with one attached hydrogen (secondary N) is 9. The van der Waals surface area contributed by atoms with Gasteiger partial charge in [0, 0.05) is 13.0 Å². The quantitative estimate of drug-likeness (QED) is 0.0186. The molecule has 376 valence electrons. The van der Waals surface area contributed by atoms with Gasteiger partial charge in [-0.1, -0.05) is 32.4 Å². The number of hydrogen-bond acceptors (Lipinski definition) is 15. The molecule has 0 saturated carbocycles. The van der Waals surface area contributed by atoms with Crippen LogP contribution >= 0.6 is 11.8 Å². The fourth-order valence-corrected chi connectivity index (χ4v) is 6.65. The number of phenols is 1. The van der Waals surface area contributed by atoms with Crippen molar-refractivity contribution in [3.63, 3.8) is 0 Å². The van der Waals surface area contributed by atoms with Crippen LogP contribution in [0.3, 0.4) is 0 Å². The number of aromatic hydroxyl groups is 1. The summed E-state index contributed by atoms with van der Waals surface area (Å²) in [5, 5.41) is 66.4. The van der Waals surface area contributed by atoms with Crippen LogP contribution in [0.5, 0.6) is 5.75 Å². The first kappa shape index (κ1) is 58.8. The van der Waals surface area contributed by atoms with E-state index in [1.54, 1.807) is 20.1 Å². The highest BCUT2D eigenvalue weighted by Crippen LogP contribution is 2.13. The number of aliphatic carboxylic acids is 2. The number of benzene rings is 1. The zero-order chi connectivity index (χ0) is 50.8. The molecule has 8 unspecified atom stereocenters. The van der Waals surface area contributed by atoms with E-state index in [0.717, 1.165) is 6.92 Å². The van der Waals surface area contributed by atoms with E-state index in [4.69, 9.17) is 22.6 Å². The summed E-state index contributed by atoms with van der Waals surface area (Å²) in [6.07, 6.45) is 0.460. The molecule has 1 rings (SSSR count). The van der Waals surface area contributed by atoms with Crippen LogP contribution in [0.4, 0.5) is 0 Å². The fraction of sp³-hybridized carbons (Fsp3) is 0.610. The number of carboxylic acids is 2. The minimum Gasteiger partial charge on any atom is -0.508 e. The van der Waals surface area contributed by atoms with Crippen LogP contribution in [0.25, 0.3) is 0 Å². The number of guanidine groups is 1. The predicted octanol–water partition coefficient (Wildman–Crippen LogP) is -3.97. The van der Waals surface area contributed by atoms with Crippen LogP contribution in [-0.2, 0) is 49.6 Å². The van der Waals surface area contributed by atoms with Crippen molar-refractivity contribution in [1.29, 1.82) is 5.41 Å². The lowest BCUT2D eigenvalue weighted by atomic mass is 10.0. The van der Waals surface area contributed by atoms with Gasteiger partial charge in [0.05, 0.1) is 25.1 Å². The lowest BCUT2D eigenvalue weighted by Crippen LogP contribution is -2.62. The zero-order valence-electron chi connectivity index (χ0n) is 38.1. The van der Waals surface area contributed by atoms with Crippen LogP contribution in [0.2, 0.25) is 0 Å². The largest absolute Gasteiger partial charge is 0.508 e. The summed E-state index contributed by atoms with van der Waals surface area (Å²) in [5.41, 5.74) is 16.9. The van der Waals surface area contributed by atoms with Gasteiger partial charge in [0.25, 0.3) is 0 Å². The average Bonchev–Trinajstić information content (AvgIpc) is 3.25. The average molecular weight is 969 g/mol. The zero-order valence-corrected chi connectivity index (χ0v) is 38.9. The molecule has 1 aromatic rings. The Morgan fingerprint density at radius 2 is 1.25 bits per heavy atom. The standard InChI is InChI=1S/C41H68N12O13S/c1-21(2)32(38(63)49-27(40(65)66)9-7-16-46-41(44)45)52-39(64)33(22(3)54)53-37(62)28(18-23-10-12-24(55)13-11-23)50-36(61)29(19-31(57)58)51-35(60)26(14-17-67-4)48-30(56)20-47-34(59)25(43)8-5-6-15-42/h10-13,21-22,25-29,32-33,54-55H,5-9,14-20,42-43H2,1-4H3,(H,47,59)(H,48,56)(H,49,63)(H,50,61)(H,51,60)(H,52,64)(H,53,62)(H,57,58)(H,65,66)(H4,44,45,46). The number of nitrogens with two attached hydrogens (primary N) is 3. The van der Waals surface area contributed by atoms with E-state index in [1.807, 2.05) is 0 Å². The molecule has 1 aromatic carbocycles. The molecule has 25 nitrogen and oxygen atoms in total. The first-order valence-electron chi connectivity index (χ1n) is 21.5. The highest BCUT2D eigenvalue weighted by molar-refractivity contribution is 7.98. The minimum absolute atomic E-state index is 0.0147. The highest BCUT2D eigenvalue weighted by Gasteiger charge is 2.36. The van der Waals surface area contributed by atoms with E-state index in [0.29, 0.717) is 37.1 Å². The number of amides is 7. The Balaban J connectivity index is 3.35. The number of carboxylic acid groups (broad SMARTS) is 2. The van der Waals surface area contributed by atoms with Crippen LogP contribution in [0.15, 0.2) is 24.3 Å². The van der Waals surface area contributed by atoms with Crippen LogP contribution in [0.1, 0.15) is 71.3 Å². The Labute approximate surface area is 392 Å². The van der Waals surface area contributed by atoms with Crippen molar-refractivity contribution in [1.82, 2.24) is 42.5 Å². The summed E-state index contributed by atoms with van der Waals surface area (Å²) in [4.78, 5) is 118. The van der Waals surface area contributed by atoms with Crippen molar-refractivity contribution in [2.75, 3.05) is 31.6 Å². The Hall–Kier alpha value is -6.25. The number of hydrogen-bond donors (Lipinski definition) is 16. The molecule has 67 heavy (non-hydrogen) atoms. The van der Waals surface area contributed by atoms with Gasteiger partial charge in [0.2, 0.25) is 41.4 Å². The van der Waals surface area contributed by atoms with Gasteiger partial charge in [-0.05, 0) is 81.2 Å². The molecular formula is C41H68N12O13S. The molecule has 0 aliphatic rings. The number of rotatable bonds is 32. The number of carbonyl (C=O) groups is 9. The maximum atomic E-state index is 14.0. The number of unbranched alkanes of at least 4 members (excludes halogenated alkanes) is 1. The van der Waals surface area contributed by atoms with Crippen molar-refractivity contribution in [3.8, 4) is 5.75 Å². The van der Waals surface area contributed by atoms with Crippen molar-refractivity contribution in [2.24, 2.45) is 23.1 Å². The van der Waals surface area contributed by atoms with Crippen molar-refractivity contribution in [3.05, 3.63) is 29.8 Å². The fourth-order valence-electron chi connectivity index (χ4n) is 6.18. The molecule has 0 fully saturated rings. The maximum Gasteiger partial charge on any atom is 0.326 e. The maximum absolute atomic E-state index is 14.0. The summed E-state index contributed by atoms with van der Waals surface area (Å²) in [5.74, 6) is -10.3. The van der Waals surface area contributed by atoms with Gasteiger partial charge in [-0.3, -0.25) is 43.8 Å². The lowest BCUT2D eigenvalue weighted by Gasteiger charge is -2.29. The number of carbonyl (C=O) groups excluding carboxylic acids is 7. The molecule has 0 bridgehead atoms. The minimum atomic E-state index is -1.85. The summed E-state index contributed by atoms with van der Waals surface area (Å²) in [6.45, 7) is 4.26. The van der Waals surface area contributed by atoms with Crippen LogP contribution < -0.4 is 59.7 Å². The van der Waals surface area contributed by atoms with Gasteiger partial charge >= 0.3 is 11.9 Å². The lowest BCUT2D eigenvalue weighted by molar-refractivity contribution is -0.143. The van der Waals surface area contributed by atoms with Crippen LogP contribution in [-0.4, -0.2) is 160 Å². The van der Waals surface area contributed by atoms with Gasteiger partial charge in [-0.2, -0.15) is 11.8 Å². The van der Waals surface area contributed by atoms with Gasteiger partial charge in [-0.15, -0.1) is 0 Å². The molecule has 7 amide bonds. The molecule has 0 spiro atoms. The second-order valence-corrected chi connectivity index (χ2v) is 16.9. The van der Waals surface area contributed by atoms with E-state index in [1.165, 1.54) is 36.0 Å². The topological polar surface area (TPSA) is 433 Å². The smallest absolute Gasteiger partial charge is 0.326 e. The Bertz CT molecular complexity index is 1840. The van der Waals surface area contributed by atoms with E-state index in [2.05, 4.69) is 42.5 Å². The van der Waals surface area contributed by atoms with E-state index in [-0.39, 0.29) is 43.9 Å². The molecule has 0 aliphatic heterocycles. The first-order chi connectivity index (χ1) is 31.5. The van der Waals surface area contributed by atoms with Crippen LogP contribution in [0, 0.1) is 11.3 Å². The van der Waals surface area contributed by atoms with Crippen molar-refractivity contribution < 1.29 is 63.6 Å². The number of thioether (sulfide) groups is 1. The Morgan fingerprint density at radius 3 is 1.81 bits per heavy atom. The van der Waals surface area contributed by atoms with E-state index < -0.39 is 121 Å². The molecule has 0 radical (unpaired) electrons. The van der Waals surface area contributed by atoms with E-state index in [9.17, 15) is 63.6 Å². The molecule has 0 aliphatic carbocycles. The molecule has 0 aromatic heterocycles. The predicted molar refractivity (Wildman–Crippen MR) is 246 cm³/mol. The Morgan fingerprint density at radius 1 is 0.687 bits per heavy atom. The molecular weight excluding hydrogens is 901 g/mol. The molecule has 8 atom stereocenters. The normalized spacial score (nSPS) is 14.6. The first-order valence-corrected chi connectivity index (χ1v) is 22.9. The third kappa shape index (κ3) is 23.2. The van der Waals surface area contributed by atoms with Gasteiger partial charge in [0.15, 0.2) is 5.96 Å². The third-order valence-corrected chi connectivity index (χ3v) is 10.6. The second-order valence-electron chi connectivity index (χ2n) is 15.9. The molecule has 0 saturated heterocycles. The number of aliphatic hydroxyl groups excluding tert-OH is 1. The van der Waals surface area contributed by atoms with Crippen molar-refractivity contribution in [2.45, 2.75) is 121 Å². The highest BCUT2D eigenvalue weighted by atomic mass is 32.2. The molecule has 0 heterocycles. The van der Waals surface area contributed by atoms with Gasteiger partial charge in [0.1, 0.15) is 42.0 Å². The SMILES string of the molecule is CSCCC(NC(=O)CNC(=O)C(N)CCCCN)C(=O)NC(CC(=O)O)C(=O)NC(Cc1ccc(O)cc1)C(=O)NC(C(=O)NC(C(=O)NC(CCCNC(=N)N)C(=O)O)C(C)C)C(C)O. The number of phenolic OH excluding ortho intramolecular Hbond substituents is 1. The Kier molecular flexibility index (Phi) is 27.1. The van der Waals surface area contributed by atoms with Gasteiger partial charge in [-0.25, -0.2) is 4.79 Å². The monoisotopic (exact) mass is 968 g/mol. The van der Waals surface area contributed by atoms with E-state index >= 15 is 0 Å². The summed E-state index contributed by atoms with van der Waals surface area (Å²) < 4.78 is 0. The summed E-state index contributed by atoms with van der Waals surface area (Å²) in [7, 11) is 0. The van der Waals surface area contributed by atoms with Gasteiger partial charge < -0.3 is 80.2 Å². The molecule has 19 N–H and O–H groups in total.